The summed E-state index contributed by atoms with van der Waals surface area (Å²) in [7, 11) is 0. The van der Waals surface area contributed by atoms with Gasteiger partial charge in [0.05, 0.1) is 11.1 Å². The van der Waals surface area contributed by atoms with Crippen molar-refractivity contribution in [1.29, 1.82) is 0 Å². The highest BCUT2D eigenvalue weighted by Crippen LogP contribution is 2.10. The van der Waals surface area contributed by atoms with E-state index in [1.807, 2.05) is 5.34 Å². The van der Waals surface area contributed by atoms with E-state index in [9.17, 15) is 19.3 Å². The Balaban J connectivity index is 3.28. The highest BCUT2D eigenvalue weighted by atomic mass is 16.7. The van der Waals surface area contributed by atoms with Crippen molar-refractivity contribution in [1.82, 2.24) is 4.98 Å². The standard InChI is InChI=1S/C8H4N2O7/c11-6(12)4-1-3(8(15)17-10-16)2-9-5(4)7(13)14/h1-2H,(H,11,12)(H,13,14). The van der Waals surface area contributed by atoms with E-state index < -0.39 is 34.7 Å². The van der Waals surface area contributed by atoms with Gasteiger partial charge >= 0.3 is 17.9 Å². The van der Waals surface area contributed by atoms with Gasteiger partial charge in [-0.2, -0.15) is 0 Å². The minimum atomic E-state index is -1.58. The van der Waals surface area contributed by atoms with Crippen LogP contribution in [0, 0.1) is 4.91 Å². The second-order valence-corrected chi connectivity index (χ2v) is 2.68. The molecule has 0 aromatic carbocycles. The average molecular weight is 240 g/mol. The number of carboxylic acids is 2. The fraction of sp³-hybridized carbons (Fsp3) is 0. The van der Waals surface area contributed by atoms with E-state index >= 15 is 0 Å². The Hall–Kier alpha value is -2.84. The van der Waals surface area contributed by atoms with Gasteiger partial charge in [0.25, 0.3) is 0 Å². The first-order valence-electron chi connectivity index (χ1n) is 3.98. The lowest BCUT2D eigenvalue weighted by Gasteiger charge is -2.01. The molecular weight excluding hydrogens is 236 g/mol. The molecule has 9 heteroatoms. The lowest BCUT2D eigenvalue weighted by atomic mass is 10.1. The van der Waals surface area contributed by atoms with Crippen molar-refractivity contribution in [2.45, 2.75) is 0 Å². The molecule has 0 amide bonds. The molecule has 0 aliphatic rings. The van der Waals surface area contributed by atoms with Gasteiger partial charge < -0.3 is 10.2 Å². The van der Waals surface area contributed by atoms with Crippen LogP contribution in [0.3, 0.4) is 0 Å². The summed E-state index contributed by atoms with van der Waals surface area (Å²) in [5, 5.41) is 19.2. The number of rotatable bonds is 4. The van der Waals surface area contributed by atoms with Gasteiger partial charge in [0.2, 0.25) is 0 Å². The van der Waals surface area contributed by atoms with Gasteiger partial charge in [-0.15, -0.1) is 4.91 Å². The Morgan fingerprint density at radius 3 is 2.35 bits per heavy atom. The molecule has 0 aliphatic heterocycles. The molecule has 1 heterocycles. The highest BCUT2D eigenvalue weighted by molar-refractivity contribution is 6.02. The second kappa shape index (κ2) is 4.79. The molecule has 0 fully saturated rings. The fourth-order valence-electron chi connectivity index (χ4n) is 0.996. The Bertz CT molecular complexity index is 511. The third-order valence-electron chi connectivity index (χ3n) is 1.68. The summed E-state index contributed by atoms with van der Waals surface area (Å²) in [6.07, 6.45) is 0.767. The summed E-state index contributed by atoms with van der Waals surface area (Å²) in [4.78, 5) is 49.0. The van der Waals surface area contributed by atoms with Crippen molar-refractivity contribution < 1.29 is 29.4 Å². The van der Waals surface area contributed by atoms with E-state index in [1.54, 1.807) is 0 Å². The third-order valence-corrected chi connectivity index (χ3v) is 1.68. The summed E-state index contributed by atoms with van der Waals surface area (Å²) in [5.74, 6) is -4.37. The number of pyridine rings is 1. The van der Waals surface area contributed by atoms with Crippen LogP contribution in [0.25, 0.3) is 0 Å². The molecule has 0 aliphatic carbocycles. The predicted octanol–water partition coefficient (Wildman–Crippen LogP) is 0.316. The molecule has 1 aromatic heterocycles. The number of carbonyl (C=O) groups is 3. The highest BCUT2D eigenvalue weighted by Gasteiger charge is 2.21. The maximum atomic E-state index is 11.0. The van der Waals surface area contributed by atoms with E-state index in [4.69, 9.17) is 10.2 Å². The molecule has 0 bridgehead atoms. The van der Waals surface area contributed by atoms with Crippen molar-refractivity contribution in [3.05, 3.63) is 34.0 Å². The Kier molecular flexibility index (Phi) is 3.44. The average Bonchev–Trinajstić information content (AvgIpc) is 2.28. The molecule has 2 N–H and O–H groups in total. The predicted molar refractivity (Wildman–Crippen MR) is 49.4 cm³/mol. The quantitative estimate of drug-likeness (QED) is 0.565. The summed E-state index contributed by atoms with van der Waals surface area (Å²) in [6.45, 7) is 0. The Labute approximate surface area is 92.6 Å². The van der Waals surface area contributed by atoms with Crippen LogP contribution in [0.1, 0.15) is 31.2 Å². The van der Waals surface area contributed by atoms with Crippen molar-refractivity contribution in [2.24, 2.45) is 5.34 Å². The lowest BCUT2D eigenvalue weighted by Crippen LogP contribution is -2.13. The topological polar surface area (TPSA) is 143 Å². The first kappa shape index (κ1) is 12.2. The molecule has 17 heavy (non-hydrogen) atoms. The van der Waals surface area contributed by atoms with Crippen LogP contribution in [-0.4, -0.2) is 33.1 Å². The summed E-state index contributed by atoms with van der Waals surface area (Å²) >= 11 is 0. The van der Waals surface area contributed by atoms with Crippen LogP contribution in [0.4, 0.5) is 0 Å². The zero-order chi connectivity index (χ0) is 13.0. The van der Waals surface area contributed by atoms with Crippen LogP contribution in [0.2, 0.25) is 0 Å². The van der Waals surface area contributed by atoms with Crippen molar-refractivity contribution in [2.75, 3.05) is 0 Å². The maximum absolute atomic E-state index is 11.0. The lowest BCUT2D eigenvalue weighted by molar-refractivity contribution is 0.0506. The summed E-state index contributed by atoms with van der Waals surface area (Å²) < 4.78 is 0. The molecule has 88 valence electrons. The zero-order valence-corrected chi connectivity index (χ0v) is 7.98. The molecule has 1 rings (SSSR count). The largest absolute Gasteiger partial charge is 0.478 e. The van der Waals surface area contributed by atoms with Crippen LogP contribution in [-0.2, 0) is 4.84 Å². The van der Waals surface area contributed by atoms with E-state index in [0.29, 0.717) is 0 Å². The van der Waals surface area contributed by atoms with Gasteiger partial charge in [-0.05, 0) is 6.07 Å². The van der Waals surface area contributed by atoms with Gasteiger partial charge in [0.15, 0.2) is 11.0 Å². The van der Waals surface area contributed by atoms with Crippen LogP contribution < -0.4 is 0 Å². The second-order valence-electron chi connectivity index (χ2n) is 2.68. The summed E-state index contributed by atoms with van der Waals surface area (Å²) in [6, 6.07) is 0.728. The summed E-state index contributed by atoms with van der Waals surface area (Å²) in [5.41, 5.74) is -1.82. The molecule has 0 spiro atoms. The van der Waals surface area contributed by atoms with E-state index in [2.05, 4.69) is 9.82 Å². The molecule has 0 radical (unpaired) electrons. The minimum absolute atomic E-state index is 0.396. The number of nitrogens with zero attached hydrogens (tertiary/aromatic N) is 2. The van der Waals surface area contributed by atoms with Gasteiger partial charge in [-0.3, -0.25) is 4.84 Å². The van der Waals surface area contributed by atoms with Gasteiger partial charge in [0, 0.05) is 6.20 Å². The number of carbonyl (C=O) groups excluding carboxylic acids is 1. The number of aromatic nitrogens is 1. The molecule has 0 saturated heterocycles. The van der Waals surface area contributed by atoms with E-state index in [1.165, 1.54) is 0 Å². The number of aromatic carboxylic acids is 2. The van der Waals surface area contributed by atoms with E-state index in [-0.39, 0.29) is 0 Å². The van der Waals surface area contributed by atoms with Crippen LogP contribution >= 0.6 is 0 Å². The van der Waals surface area contributed by atoms with Gasteiger partial charge in [-0.1, -0.05) is 0 Å². The normalized spacial score (nSPS) is 9.41. The minimum Gasteiger partial charge on any atom is -0.478 e. The van der Waals surface area contributed by atoms with E-state index in [0.717, 1.165) is 12.3 Å². The number of hydrogen-bond donors (Lipinski definition) is 2. The third kappa shape index (κ3) is 2.59. The van der Waals surface area contributed by atoms with Gasteiger partial charge in [0.1, 0.15) is 0 Å². The van der Waals surface area contributed by atoms with Crippen molar-refractivity contribution in [3.63, 3.8) is 0 Å². The van der Waals surface area contributed by atoms with Crippen LogP contribution in [0.15, 0.2) is 17.6 Å². The first-order valence-corrected chi connectivity index (χ1v) is 3.98. The first-order chi connectivity index (χ1) is 7.97. The molecule has 0 unspecified atom stereocenters. The number of carboxylic acid groups (broad SMARTS) is 2. The van der Waals surface area contributed by atoms with Gasteiger partial charge in [-0.25, -0.2) is 19.4 Å². The smallest absolute Gasteiger partial charge is 0.370 e. The fourth-order valence-corrected chi connectivity index (χ4v) is 0.996. The Morgan fingerprint density at radius 1 is 1.24 bits per heavy atom. The van der Waals surface area contributed by atoms with Crippen molar-refractivity contribution in [3.8, 4) is 0 Å². The molecule has 9 nitrogen and oxygen atoms in total. The SMILES string of the molecule is O=NOC(=O)c1cnc(C(=O)O)c(C(=O)O)c1. The zero-order valence-electron chi connectivity index (χ0n) is 7.98. The molecular formula is C8H4N2O7. The van der Waals surface area contributed by atoms with Crippen molar-refractivity contribution >= 4 is 17.9 Å². The maximum Gasteiger partial charge on any atom is 0.370 e. The molecule has 0 atom stereocenters. The number of hydrogen-bond acceptors (Lipinski definition) is 7. The van der Waals surface area contributed by atoms with Crippen LogP contribution in [0.5, 0.6) is 0 Å². The monoisotopic (exact) mass is 240 g/mol. The molecule has 1 aromatic rings. The Morgan fingerprint density at radius 2 is 1.88 bits per heavy atom. The molecule has 0 saturated carbocycles.